The van der Waals surface area contributed by atoms with Gasteiger partial charge in [0.1, 0.15) is 5.82 Å². The minimum atomic E-state index is 0.229. The maximum Gasteiger partial charge on any atom is 0.229 e. The van der Waals surface area contributed by atoms with Gasteiger partial charge in [0.05, 0.1) is 62.8 Å². The fourth-order valence-corrected chi connectivity index (χ4v) is 4.33. The van der Waals surface area contributed by atoms with E-state index in [1.807, 2.05) is 0 Å². The SMILES string of the molecule is C[C@H]1COCCN1c1nc(N2CCOC[C@@H]2C)c2ccc(C3=CCOCC3)nc2n1. The number of hydrogen-bond acceptors (Lipinski definition) is 8. The Balaban J connectivity index is 1.63. The molecule has 160 valence electrons. The summed E-state index contributed by atoms with van der Waals surface area (Å²) in [5, 5.41) is 0.991. The number of pyridine rings is 1. The van der Waals surface area contributed by atoms with Crippen molar-refractivity contribution >= 4 is 28.4 Å². The van der Waals surface area contributed by atoms with Gasteiger partial charge in [-0.05, 0) is 38.0 Å². The van der Waals surface area contributed by atoms with Crippen LogP contribution in [-0.2, 0) is 14.2 Å². The van der Waals surface area contributed by atoms with Crippen LogP contribution in [-0.4, -0.2) is 79.8 Å². The first kappa shape index (κ1) is 19.7. The predicted molar refractivity (Wildman–Crippen MR) is 116 cm³/mol. The Morgan fingerprint density at radius 2 is 1.63 bits per heavy atom. The molecular weight excluding hydrogens is 382 g/mol. The van der Waals surface area contributed by atoms with E-state index in [1.165, 1.54) is 5.57 Å². The Kier molecular flexibility index (Phi) is 5.54. The molecule has 0 aromatic carbocycles. The molecule has 8 nitrogen and oxygen atoms in total. The van der Waals surface area contributed by atoms with Crippen LogP contribution in [0.4, 0.5) is 11.8 Å². The molecule has 30 heavy (non-hydrogen) atoms. The number of fused-ring (bicyclic) bond motifs is 1. The molecule has 5 rings (SSSR count). The van der Waals surface area contributed by atoms with Gasteiger partial charge in [-0.25, -0.2) is 4.98 Å². The van der Waals surface area contributed by atoms with Gasteiger partial charge in [0.25, 0.3) is 0 Å². The Hall–Kier alpha value is -2.29. The third kappa shape index (κ3) is 3.75. The van der Waals surface area contributed by atoms with Crippen molar-refractivity contribution in [2.45, 2.75) is 32.4 Å². The molecule has 3 aliphatic heterocycles. The maximum atomic E-state index is 5.66. The van der Waals surface area contributed by atoms with Crippen LogP contribution < -0.4 is 9.80 Å². The lowest BCUT2D eigenvalue weighted by molar-refractivity contribution is 0.0973. The van der Waals surface area contributed by atoms with Gasteiger partial charge in [-0.15, -0.1) is 0 Å². The third-order valence-electron chi connectivity index (χ3n) is 6.08. The van der Waals surface area contributed by atoms with Gasteiger partial charge in [-0.2, -0.15) is 9.97 Å². The van der Waals surface area contributed by atoms with Crippen molar-refractivity contribution < 1.29 is 14.2 Å². The van der Waals surface area contributed by atoms with Crippen molar-refractivity contribution in [3.63, 3.8) is 0 Å². The normalized spacial score (nSPS) is 25.5. The van der Waals surface area contributed by atoms with Crippen molar-refractivity contribution in [3.05, 3.63) is 23.9 Å². The molecule has 0 unspecified atom stereocenters. The smallest absolute Gasteiger partial charge is 0.229 e. The highest BCUT2D eigenvalue weighted by atomic mass is 16.5. The van der Waals surface area contributed by atoms with Crippen molar-refractivity contribution in [3.8, 4) is 0 Å². The van der Waals surface area contributed by atoms with Crippen LogP contribution in [0.15, 0.2) is 18.2 Å². The number of aromatic nitrogens is 3. The lowest BCUT2D eigenvalue weighted by atomic mass is 10.1. The van der Waals surface area contributed by atoms with Crippen molar-refractivity contribution in [1.82, 2.24) is 15.0 Å². The van der Waals surface area contributed by atoms with Gasteiger partial charge >= 0.3 is 0 Å². The molecule has 0 N–H and O–H groups in total. The molecule has 2 saturated heterocycles. The van der Waals surface area contributed by atoms with Crippen LogP contribution in [0.3, 0.4) is 0 Å². The van der Waals surface area contributed by atoms with E-state index >= 15 is 0 Å². The summed E-state index contributed by atoms with van der Waals surface area (Å²) in [6.45, 7) is 10.1. The highest BCUT2D eigenvalue weighted by Crippen LogP contribution is 2.31. The molecule has 8 heteroatoms. The standard InChI is InChI=1S/C22H29N5O3/c1-15-13-29-11-7-26(15)21-18-3-4-19(17-5-9-28-10-6-17)23-20(18)24-22(25-21)27-8-12-30-14-16(27)2/h3-5,15-16H,6-14H2,1-2H3/t15-,16-/m0/s1. The summed E-state index contributed by atoms with van der Waals surface area (Å²) in [5.74, 6) is 1.68. The first-order valence-corrected chi connectivity index (χ1v) is 10.9. The fourth-order valence-electron chi connectivity index (χ4n) is 4.33. The zero-order valence-electron chi connectivity index (χ0n) is 17.7. The molecule has 5 heterocycles. The van der Waals surface area contributed by atoms with Gasteiger partial charge < -0.3 is 24.0 Å². The first-order valence-electron chi connectivity index (χ1n) is 10.9. The molecule has 2 atom stereocenters. The summed E-state index contributed by atoms with van der Waals surface area (Å²) >= 11 is 0. The highest BCUT2D eigenvalue weighted by Gasteiger charge is 2.27. The fraction of sp³-hybridized carbons (Fsp3) is 0.591. The molecule has 0 radical (unpaired) electrons. The van der Waals surface area contributed by atoms with E-state index in [0.29, 0.717) is 33.0 Å². The molecule has 0 aliphatic carbocycles. The van der Waals surface area contributed by atoms with Crippen molar-refractivity contribution in [1.29, 1.82) is 0 Å². The molecule has 0 spiro atoms. The first-order chi connectivity index (χ1) is 14.7. The quantitative estimate of drug-likeness (QED) is 0.762. The Morgan fingerprint density at radius 1 is 0.867 bits per heavy atom. The minimum Gasteiger partial charge on any atom is -0.377 e. The second-order valence-electron chi connectivity index (χ2n) is 8.20. The van der Waals surface area contributed by atoms with Gasteiger partial charge in [-0.1, -0.05) is 6.08 Å². The average molecular weight is 412 g/mol. The number of nitrogens with zero attached hydrogens (tertiary/aromatic N) is 5. The second kappa shape index (κ2) is 8.45. The summed E-state index contributed by atoms with van der Waals surface area (Å²) < 4.78 is 16.7. The number of hydrogen-bond donors (Lipinski definition) is 0. The van der Waals surface area contributed by atoms with Gasteiger partial charge in [0.15, 0.2) is 5.65 Å². The third-order valence-corrected chi connectivity index (χ3v) is 6.08. The number of rotatable bonds is 3. The molecule has 0 saturated carbocycles. The molecule has 0 bridgehead atoms. The van der Waals surface area contributed by atoms with Crippen LogP contribution >= 0.6 is 0 Å². The molecular formula is C22H29N5O3. The predicted octanol–water partition coefficient (Wildman–Crippen LogP) is 2.28. The summed E-state index contributed by atoms with van der Waals surface area (Å²) in [7, 11) is 0. The van der Waals surface area contributed by atoms with Crippen LogP contribution in [0.25, 0.3) is 16.6 Å². The van der Waals surface area contributed by atoms with E-state index in [-0.39, 0.29) is 12.1 Å². The van der Waals surface area contributed by atoms with E-state index < -0.39 is 0 Å². The van der Waals surface area contributed by atoms with E-state index in [0.717, 1.165) is 54.6 Å². The summed E-state index contributed by atoms with van der Waals surface area (Å²) in [6.07, 6.45) is 3.00. The second-order valence-corrected chi connectivity index (χ2v) is 8.20. The van der Waals surface area contributed by atoms with Crippen LogP contribution in [0.5, 0.6) is 0 Å². The summed E-state index contributed by atoms with van der Waals surface area (Å²) in [5.41, 5.74) is 2.95. The molecule has 2 fully saturated rings. The molecule has 2 aromatic heterocycles. The molecule has 3 aliphatic rings. The van der Waals surface area contributed by atoms with Crippen molar-refractivity contribution in [2.75, 3.05) is 62.5 Å². The largest absolute Gasteiger partial charge is 0.377 e. The molecule has 2 aromatic rings. The van der Waals surface area contributed by atoms with Crippen LogP contribution in [0.2, 0.25) is 0 Å². The highest BCUT2D eigenvalue weighted by molar-refractivity contribution is 5.89. The van der Waals surface area contributed by atoms with Crippen molar-refractivity contribution in [2.24, 2.45) is 0 Å². The number of ether oxygens (including phenoxy) is 3. The Bertz CT molecular complexity index is 950. The Morgan fingerprint density at radius 3 is 2.33 bits per heavy atom. The topological polar surface area (TPSA) is 72.8 Å². The zero-order valence-corrected chi connectivity index (χ0v) is 17.7. The summed E-state index contributed by atoms with van der Waals surface area (Å²) in [4.78, 5) is 19.5. The van der Waals surface area contributed by atoms with Gasteiger partial charge in [0.2, 0.25) is 5.95 Å². The average Bonchev–Trinajstić information content (AvgIpc) is 2.79. The number of anilines is 2. The van der Waals surface area contributed by atoms with Crippen LogP contribution in [0.1, 0.15) is 26.0 Å². The Labute approximate surface area is 176 Å². The van der Waals surface area contributed by atoms with Gasteiger partial charge in [-0.3, -0.25) is 0 Å². The van der Waals surface area contributed by atoms with E-state index in [2.05, 4.69) is 41.9 Å². The van der Waals surface area contributed by atoms with E-state index in [4.69, 9.17) is 29.2 Å². The van der Waals surface area contributed by atoms with Crippen LogP contribution in [0, 0.1) is 0 Å². The van der Waals surface area contributed by atoms with Gasteiger partial charge in [0, 0.05) is 13.1 Å². The summed E-state index contributed by atoms with van der Waals surface area (Å²) in [6, 6.07) is 4.70. The maximum absolute atomic E-state index is 5.66. The molecule has 0 amide bonds. The monoisotopic (exact) mass is 411 g/mol. The zero-order chi connectivity index (χ0) is 20.5. The van der Waals surface area contributed by atoms with E-state index in [9.17, 15) is 0 Å². The van der Waals surface area contributed by atoms with E-state index in [1.54, 1.807) is 0 Å². The lowest BCUT2D eigenvalue weighted by Crippen LogP contribution is -2.46. The lowest BCUT2D eigenvalue weighted by Gasteiger charge is -2.37. The minimum absolute atomic E-state index is 0.229. The number of morpholine rings is 2.